The Morgan fingerprint density at radius 1 is 1.18 bits per heavy atom. The first-order valence-corrected chi connectivity index (χ1v) is 9.10. The lowest BCUT2D eigenvalue weighted by molar-refractivity contribution is 0.152. The molecule has 128 valence electrons. The second-order valence-corrected chi connectivity index (χ2v) is 6.97. The summed E-state index contributed by atoms with van der Waals surface area (Å²) in [4.78, 5) is 14.6. The molecule has 2 atom stereocenters. The van der Waals surface area contributed by atoms with Crippen molar-refractivity contribution in [2.24, 2.45) is 11.8 Å². The van der Waals surface area contributed by atoms with E-state index in [9.17, 15) is 9.90 Å². The molecule has 1 heterocycles. The number of likely N-dealkylation sites (tertiary alicyclic amines) is 1. The Kier molecular flexibility index (Phi) is 7.46. The van der Waals surface area contributed by atoms with Gasteiger partial charge in [0.05, 0.1) is 0 Å². The summed E-state index contributed by atoms with van der Waals surface area (Å²) in [6, 6.07) is 0.0893. The zero-order valence-corrected chi connectivity index (χ0v) is 14.0. The van der Waals surface area contributed by atoms with Crippen LogP contribution < -0.4 is 10.6 Å². The lowest BCUT2D eigenvalue weighted by Crippen LogP contribution is -2.49. The summed E-state index contributed by atoms with van der Waals surface area (Å²) in [5, 5.41) is 15.5. The SMILES string of the molecule is CCCN1CCC(CNC(=O)NC2CCCCC2CO)CC1. The lowest BCUT2D eigenvalue weighted by Gasteiger charge is -2.33. The molecule has 0 aromatic heterocycles. The molecule has 5 heteroatoms. The van der Waals surface area contributed by atoms with Gasteiger partial charge in [-0.3, -0.25) is 0 Å². The van der Waals surface area contributed by atoms with Crippen LogP contribution in [0.4, 0.5) is 4.79 Å². The number of nitrogens with zero attached hydrogens (tertiary/aromatic N) is 1. The van der Waals surface area contributed by atoms with Gasteiger partial charge in [-0.25, -0.2) is 4.79 Å². The molecule has 5 nitrogen and oxygen atoms in total. The molecule has 0 bridgehead atoms. The minimum atomic E-state index is -0.0543. The zero-order chi connectivity index (χ0) is 15.8. The van der Waals surface area contributed by atoms with Crippen molar-refractivity contribution in [2.45, 2.75) is 57.9 Å². The molecule has 0 radical (unpaired) electrons. The van der Waals surface area contributed by atoms with Gasteiger partial charge in [-0.05, 0) is 57.7 Å². The Labute approximate surface area is 134 Å². The van der Waals surface area contributed by atoms with Crippen molar-refractivity contribution >= 4 is 6.03 Å². The second-order valence-electron chi connectivity index (χ2n) is 6.97. The fraction of sp³-hybridized carbons (Fsp3) is 0.941. The van der Waals surface area contributed by atoms with Crippen molar-refractivity contribution in [1.29, 1.82) is 0 Å². The number of hydrogen-bond donors (Lipinski definition) is 3. The number of piperidine rings is 1. The predicted molar refractivity (Wildman–Crippen MR) is 88.8 cm³/mol. The molecule has 1 saturated carbocycles. The van der Waals surface area contributed by atoms with Crippen molar-refractivity contribution < 1.29 is 9.90 Å². The molecule has 22 heavy (non-hydrogen) atoms. The van der Waals surface area contributed by atoms with E-state index in [-0.39, 0.29) is 24.6 Å². The molecule has 2 amide bonds. The van der Waals surface area contributed by atoms with Crippen LogP contribution in [-0.2, 0) is 0 Å². The molecule has 1 aliphatic heterocycles. The van der Waals surface area contributed by atoms with Crippen LogP contribution in [0, 0.1) is 11.8 Å². The van der Waals surface area contributed by atoms with Crippen LogP contribution in [-0.4, -0.2) is 54.9 Å². The lowest BCUT2D eigenvalue weighted by atomic mass is 9.85. The Hall–Kier alpha value is -0.810. The van der Waals surface area contributed by atoms with E-state index in [0.717, 1.165) is 38.9 Å². The maximum atomic E-state index is 12.1. The van der Waals surface area contributed by atoms with E-state index in [1.54, 1.807) is 0 Å². The summed E-state index contributed by atoms with van der Waals surface area (Å²) in [5.41, 5.74) is 0. The molecule has 3 N–H and O–H groups in total. The molecule has 2 aliphatic rings. The van der Waals surface area contributed by atoms with Gasteiger partial charge >= 0.3 is 6.03 Å². The van der Waals surface area contributed by atoms with Crippen LogP contribution >= 0.6 is 0 Å². The Morgan fingerprint density at radius 2 is 1.91 bits per heavy atom. The van der Waals surface area contributed by atoms with E-state index in [2.05, 4.69) is 22.5 Å². The topological polar surface area (TPSA) is 64.6 Å². The molecule has 0 spiro atoms. The van der Waals surface area contributed by atoms with Crippen LogP contribution in [0.25, 0.3) is 0 Å². The highest BCUT2D eigenvalue weighted by molar-refractivity contribution is 5.74. The standard InChI is InChI=1S/C17H33N3O2/c1-2-9-20-10-7-14(8-11-20)12-18-17(22)19-16-6-4-3-5-15(16)13-21/h14-16,21H,2-13H2,1H3,(H2,18,19,22). The Balaban J connectivity index is 1.63. The van der Waals surface area contributed by atoms with Gasteiger partial charge in [0.2, 0.25) is 0 Å². The van der Waals surface area contributed by atoms with Crippen molar-refractivity contribution in [3.8, 4) is 0 Å². The minimum Gasteiger partial charge on any atom is -0.396 e. The summed E-state index contributed by atoms with van der Waals surface area (Å²) in [6.07, 6.45) is 7.93. The van der Waals surface area contributed by atoms with Gasteiger partial charge in [0.15, 0.2) is 0 Å². The summed E-state index contributed by atoms with van der Waals surface area (Å²) >= 11 is 0. The molecule has 2 unspecified atom stereocenters. The third kappa shape index (κ3) is 5.43. The zero-order valence-electron chi connectivity index (χ0n) is 14.0. The maximum Gasteiger partial charge on any atom is 0.315 e. The van der Waals surface area contributed by atoms with Gasteiger partial charge in [-0.1, -0.05) is 19.8 Å². The normalized spacial score (nSPS) is 27.5. The average Bonchev–Trinajstić information content (AvgIpc) is 2.55. The number of rotatable bonds is 6. The molecule has 0 aromatic rings. The van der Waals surface area contributed by atoms with Gasteiger partial charge in [0, 0.05) is 25.1 Å². The molecule has 2 fully saturated rings. The molecular weight excluding hydrogens is 278 g/mol. The van der Waals surface area contributed by atoms with Crippen molar-refractivity contribution in [3.05, 3.63) is 0 Å². The number of aliphatic hydroxyl groups excluding tert-OH is 1. The van der Waals surface area contributed by atoms with Crippen LogP contribution in [0.15, 0.2) is 0 Å². The summed E-state index contributed by atoms with van der Waals surface area (Å²) in [6.45, 7) is 6.71. The van der Waals surface area contributed by atoms with E-state index in [4.69, 9.17) is 0 Å². The van der Waals surface area contributed by atoms with Gasteiger partial charge in [-0.2, -0.15) is 0 Å². The maximum absolute atomic E-state index is 12.1. The van der Waals surface area contributed by atoms with Gasteiger partial charge in [0.25, 0.3) is 0 Å². The van der Waals surface area contributed by atoms with Crippen molar-refractivity contribution in [2.75, 3.05) is 32.8 Å². The third-order valence-corrected chi connectivity index (χ3v) is 5.26. The number of carbonyl (C=O) groups excluding carboxylic acids is 1. The molecule has 1 saturated heterocycles. The fourth-order valence-corrected chi connectivity index (χ4v) is 3.80. The van der Waals surface area contributed by atoms with E-state index in [1.165, 1.54) is 32.2 Å². The van der Waals surface area contributed by atoms with Crippen LogP contribution in [0.3, 0.4) is 0 Å². The van der Waals surface area contributed by atoms with E-state index >= 15 is 0 Å². The number of hydrogen-bond acceptors (Lipinski definition) is 3. The Bertz CT molecular complexity index is 330. The smallest absolute Gasteiger partial charge is 0.315 e. The summed E-state index contributed by atoms with van der Waals surface area (Å²) in [7, 11) is 0. The first kappa shape index (κ1) is 17.5. The second kappa shape index (κ2) is 9.36. The number of urea groups is 1. The third-order valence-electron chi connectivity index (χ3n) is 5.26. The Morgan fingerprint density at radius 3 is 2.59 bits per heavy atom. The number of carbonyl (C=O) groups is 1. The molecular formula is C17H33N3O2. The first-order chi connectivity index (χ1) is 10.7. The monoisotopic (exact) mass is 311 g/mol. The first-order valence-electron chi connectivity index (χ1n) is 9.10. The van der Waals surface area contributed by atoms with Gasteiger partial charge in [0.1, 0.15) is 0 Å². The minimum absolute atomic E-state index is 0.0543. The predicted octanol–water partition coefficient (Wildman–Crippen LogP) is 1.96. The highest BCUT2D eigenvalue weighted by atomic mass is 16.3. The van der Waals surface area contributed by atoms with Gasteiger partial charge < -0.3 is 20.6 Å². The van der Waals surface area contributed by atoms with E-state index in [0.29, 0.717) is 5.92 Å². The van der Waals surface area contributed by atoms with Gasteiger partial charge in [-0.15, -0.1) is 0 Å². The molecule has 0 aromatic carbocycles. The quantitative estimate of drug-likeness (QED) is 0.702. The summed E-state index contributed by atoms with van der Waals surface area (Å²) in [5.74, 6) is 0.843. The van der Waals surface area contributed by atoms with Crippen molar-refractivity contribution in [1.82, 2.24) is 15.5 Å². The van der Waals surface area contributed by atoms with E-state index in [1.807, 2.05) is 0 Å². The van der Waals surface area contributed by atoms with Crippen molar-refractivity contribution in [3.63, 3.8) is 0 Å². The van der Waals surface area contributed by atoms with Crippen LogP contribution in [0.5, 0.6) is 0 Å². The van der Waals surface area contributed by atoms with Crippen LogP contribution in [0.1, 0.15) is 51.9 Å². The number of nitrogens with one attached hydrogen (secondary N) is 2. The molecule has 2 rings (SSSR count). The summed E-state index contributed by atoms with van der Waals surface area (Å²) < 4.78 is 0. The van der Waals surface area contributed by atoms with Crippen LogP contribution in [0.2, 0.25) is 0 Å². The fourth-order valence-electron chi connectivity index (χ4n) is 3.80. The molecule has 1 aliphatic carbocycles. The van der Waals surface area contributed by atoms with E-state index < -0.39 is 0 Å². The largest absolute Gasteiger partial charge is 0.396 e. The average molecular weight is 311 g/mol. The number of aliphatic hydroxyl groups is 1. The highest BCUT2D eigenvalue weighted by Gasteiger charge is 2.26. The highest BCUT2D eigenvalue weighted by Crippen LogP contribution is 2.23. The number of amides is 2.